The first-order valence-electron chi connectivity index (χ1n) is 5.02. The second kappa shape index (κ2) is 4.30. The predicted octanol–water partition coefficient (Wildman–Crippen LogP) is 3.66. The average Bonchev–Trinajstić information content (AvgIpc) is 2.45. The van der Waals surface area contributed by atoms with Gasteiger partial charge in [0.25, 0.3) is 0 Å². The SMILES string of the molecule is O=C1CCCCC(c2occc2Br)C1. The minimum atomic E-state index is 0.286. The molecule has 0 bridgehead atoms. The summed E-state index contributed by atoms with van der Waals surface area (Å²) >= 11 is 3.44. The predicted molar refractivity (Wildman–Crippen MR) is 57.2 cm³/mol. The van der Waals surface area contributed by atoms with Crippen molar-refractivity contribution < 1.29 is 9.21 Å². The fourth-order valence-corrected chi connectivity index (χ4v) is 2.54. The molecule has 1 saturated carbocycles. The van der Waals surface area contributed by atoms with Gasteiger partial charge in [0.05, 0.1) is 10.7 Å². The molecule has 76 valence electrons. The topological polar surface area (TPSA) is 30.2 Å². The Morgan fingerprint density at radius 3 is 3.00 bits per heavy atom. The highest BCUT2D eigenvalue weighted by atomic mass is 79.9. The zero-order valence-corrected chi connectivity index (χ0v) is 9.55. The molecule has 1 aliphatic rings. The van der Waals surface area contributed by atoms with Crippen LogP contribution in [0.4, 0.5) is 0 Å². The maximum atomic E-state index is 11.4. The second-order valence-electron chi connectivity index (χ2n) is 3.82. The van der Waals surface area contributed by atoms with Gasteiger partial charge < -0.3 is 4.42 Å². The van der Waals surface area contributed by atoms with Crippen LogP contribution in [0, 0.1) is 0 Å². The molecule has 1 aromatic rings. The molecule has 14 heavy (non-hydrogen) atoms. The summed E-state index contributed by atoms with van der Waals surface area (Å²) in [5.41, 5.74) is 0. The van der Waals surface area contributed by atoms with Gasteiger partial charge in [-0.25, -0.2) is 0 Å². The largest absolute Gasteiger partial charge is 0.468 e. The lowest BCUT2D eigenvalue weighted by Gasteiger charge is -2.10. The molecule has 3 heteroatoms. The summed E-state index contributed by atoms with van der Waals surface area (Å²) in [5, 5.41) is 0. The highest BCUT2D eigenvalue weighted by molar-refractivity contribution is 9.10. The van der Waals surface area contributed by atoms with Gasteiger partial charge >= 0.3 is 0 Å². The normalized spacial score (nSPS) is 23.5. The number of Topliss-reactive ketones (excluding diaryl/α,β-unsaturated/α-hetero) is 1. The Morgan fingerprint density at radius 2 is 2.29 bits per heavy atom. The van der Waals surface area contributed by atoms with Gasteiger partial charge in [-0.1, -0.05) is 6.42 Å². The second-order valence-corrected chi connectivity index (χ2v) is 4.67. The van der Waals surface area contributed by atoms with Gasteiger partial charge in [0.2, 0.25) is 0 Å². The van der Waals surface area contributed by atoms with Crippen LogP contribution in [0.3, 0.4) is 0 Å². The summed E-state index contributed by atoms with van der Waals surface area (Å²) in [5.74, 6) is 1.60. The van der Waals surface area contributed by atoms with E-state index in [4.69, 9.17) is 4.42 Å². The Balaban J connectivity index is 2.17. The maximum Gasteiger partial charge on any atom is 0.133 e. The Labute approximate surface area is 91.8 Å². The summed E-state index contributed by atoms with van der Waals surface area (Å²) in [7, 11) is 0. The van der Waals surface area contributed by atoms with Crippen LogP contribution in [0.5, 0.6) is 0 Å². The molecule has 1 fully saturated rings. The van der Waals surface area contributed by atoms with Gasteiger partial charge in [-0.3, -0.25) is 4.79 Å². The minimum Gasteiger partial charge on any atom is -0.468 e. The van der Waals surface area contributed by atoms with Crippen LogP contribution in [0.2, 0.25) is 0 Å². The summed E-state index contributed by atoms with van der Waals surface area (Å²) in [6.45, 7) is 0. The number of furan rings is 1. The van der Waals surface area contributed by atoms with Gasteiger partial charge in [0.15, 0.2) is 0 Å². The molecular weight excluding hydrogens is 244 g/mol. The van der Waals surface area contributed by atoms with Crippen LogP contribution in [-0.2, 0) is 4.79 Å². The molecule has 0 radical (unpaired) electrons. The quantitative estimate of drug-likeness (QED) is 0.718. The number of hydrogen-bond donors (Lipinski definition) is 0. The summed E-state index contributed by atoms with van der Waals surface area (Å²) in [6, 6.07) is 1.89. The summed E-state index contributed by atoms with van der Waals surface area (Å²) in [6.07, 6.45) is 6.30. The lowest BCUT2D eigenvalue weighted by Crippen LogP contribution is -2.03. The van der Waals surface area contributed by atoms with E-state index in [1.54, 1.807) is 6.26 Å². The van der Waals surface area contributed by atoms with E-state index in [9.17, 15) is 4.79 Å². The number of carbonyl (C=O) groups excluding carboxylic acids is 1. The molecule has 1 atom stereocenters. The molecule has 0 aliphatic heterocycles. The van der Waals surface area contributed by atoms with E-state index in [0.717, 1.165) is 35.9 Å². The Morgan fingerprint density at radius 1 is 1.43 bits per heavy atom. The number of rotatable bonds is 1. The highest BCUT2D eigenvalue weighted by Gasteiger charge is 2.23. The Hall–Kier alpha value is -0.570. The fourth-order valence-electron chi connectivity index (χ4n) is 2.01. The van der Waals surface area contributed by atoms with Crippen LogP contribution >= 0.6 is 15.9 Å². The van der Waals surface area contributed by atoms with Crippen molar-refractivity contribution in [3.8, 4) is 0 Å². The number of carbonyl (C=O) groups is 1. The van der Waals surface area contributed by atoms with E-state index >= 15 is 0 Å². The molecule has 1 unspecified atom stereocenters. The zero-order valence-electron chi connectivity index (χ0n) is 7.96. The molecular formula is C11H13BrO2. The van der Waals surface area contributed by atoms with E-state index in [0.29, 0.717) is 12.2 Å². The van der Waals surface area contributed by atoms with Crippen molar-refractivity contribution >= 4 is 21.7 Å². The first-order chi connectivity index (χ1) is 6.77. The summed E-state index contributed by atoms with van der Waals surface area (Å²) < 4.78 is 6.41. The number of hydrogen-bond acceptors (Lipinski definition) is 2. The monoisotopic (exact) mass is 256 g/mol. The van der Waals surface area contributed by atoms with E-state index in [1.807, 2.05) is 6.07 Å². The van der Waals surface area contributed by atoms with Gasteiger partial charge in [-0.2, -0.15) is 0 Å². The van der Waals surface area contributed by atoms with Crippen molar-refractivity contribution in [1.82, 2.24) is 0 Å². The number of halogens is 1. The van der Waals surface area contributed by atoms with Crippen molar-refractivity contribution in [3.63, 3.8) is 0 Å². The molecule has 1 aromatic heterocycles. The van der Waals surface area contributed by atoms with Crippen molar-refractivity contribution in [2.75, 3.05) is 0 Å². The van der Waals surface area contributed by atoms with Crippen LogP contribution in [0.25, 0.3) is 0 Å². The molecule has 1 aliphatic carbocycles. The van der Waals surface area contributed by atoms with Crippen molar-refractivity contribution in [2.45, 2.75) is 38.0 Å². The van der Waals surface area contributed by atoms with Crippen LogP contribution < -0.4 is 0 Å². The standard InChI is InChI=1S/C11H13BrO2/c12-10-5-6-14-11(10)8-3-1-2-4-9(13)7-8/h5-6,8H,1-4,7H2. The molecule has 0 saturated heterocycles. The molecule has 1 heterocycles. The van der Waals surface area contributed by atoms with E-state index < -0.39 is 0 Å². The highest BCUT2D eigenvalue weighted by Crippen LogP contribution is 2.34. The van der Waals surface area contributed by atoms with Gasteiger partial charge in [0, 0.05) is 18.8 Å². The summed E-state index contributed by atoms with van der Waals surface area (Å²) in [4.78, 5) is 11.4. The molecule has 2 nitrogen and oxygen atoms in total. The number of ketones is 1. The average molecular weight is 257 g/mol. The molecule has 0 N–H and O–H groups in total. The lowest BCUT2D eigenvalue weighted by molar-refractivity contribution is -0.119. The van der Waals surface area contributed by atoms with Gasteiger partial charge in [-0.05, 0) is 34.8 Å². The first-order valence-corrected chi connectivity index (χ1v) is 5.81. The van der Waals surface area contributed by atoms with Crippen molar-refractivity contribution in [1.29, 1.82) is 0 Å². The first kappa shape index (κ1) is 9.97. The van der Waals surface area contributed by atoms with Crippen molar-refractivity contribution in [3.05, 3.63) is 22.6 Å². The van der Waals surface area contributed by atoms with E-state index in [1.165, 1.54) is 0 Å². The fraction of sp³-hybridized carbons (Fsp3) is 0.545. The van der Waals surface area contributed by atoms with Gasteiger partial charge in [0.1, 0.15) is 11.5 Å². The lowest BCUT2D eigenvalue weighted by atomic mass is 9.97. The Bertz CT molecular complexity index is 330. The van der Waals surface area contributed by atoms with Crippen LogP contribution in [0.15, 0.2) is 21.2 Å². The maximum absolute atomic E-state index is 11.4. The van der Waals surface area contributed by atoms with Crippen LogP contribution in [0.1, 0.15) is 43.8 Å². The molecule has 0 spiro atoms. The molecule has 2 rings (SSSR count). The van der Waals surface area contributed by atoms with E-state index in [2.05, 4.69) is 15.9 Å². The third-order valence-corrected chi connectivity index (χ3v) is 3.40. The zero-order chi connectivity index (χ0) is 9.97. The third kappa shape index (κ3) is 2.08. The minimum absolute atomic E-state index is 0.286. The smallest absolute Gasteiger partial charge is 0.133 e. The Kier molecular flexibility index (Phi) is 3.06. The van der Waals surface area contributed by atoms with Gasteiger partial charge in [-0.15, -0.1) is 0 Å². The molecule has 0 amide bonds. The van der Waals surface area contributed by atoms with E-state index in [-0.39, 0.29) is 5.92 Å². The third-order valence-electron chi connectivity index (χ3n) is 2.75. The van der Waals surface area contributed by atoms with Crippen LogP contribution in [-0.4, -0.2) is 5.78 Å². The molecule has 0 aromatic carbocycles. The van der Waals surface area contributed by atoms with Crippen molar-refractivity contribution in [2.24, 2.45) is 0 Å².